The summed E-state index contributed by atoms with van der Waals surface area (Å²) in [6.45, 7) is 2.03. The molecule has 4 saturated carbocycles. The third kappa shape index (κ3) is 1.78. The third-order valence-electron chi connectivity index (χ3n) is 5.94. The van der Waals surface area contributed by atoms with Gasteiger partial charge < -0.3 is 10.6 Å². The van der Waals surface area contributed by atoms with E-state index in [4.69, 9.17) is 0 Å². The fourth-order valence-corrected chi connectivity index (χ4v) is 5.43. The molecule has 0 spiro atoms. The first-order valence-corrected chi connectivity index (χ1v) is 7.80. The van der Waals surface area contributed by atoms with E-state index in [1.165, 1.54) is 32.1 Å². The highest BCUT2D eigenvalue weighted by Crippen LogP contribution is 2.56. The molecule has 100 valence electrons. The molecule has 0 aromatic heterocycles. The molecule has 0 aromatic rings. The van der Waals surface area contributed by atoms with Crippen LogP contribution in [0.15, 0.2) is 0 Å². The zero-order valence-corrected chi connectivity index (χ0v) is 11.0. The predicted molar refractivity (Wildman–Crippen MR) is 70.0 cm³/mol. The summed E-state index contributed by atoms with van der Waals surface area (Å²) in [7, 11) is 0. The summed E-state index contributed by atoms with van der Waals surface area (Å²) in [5.41, 5.74) is 0. The Morgan fingerprint density at radius 3 is 2.22 bits per heavy atom. The second kappa shape index (κ2) is 4.22. The van der Waals surface area contributed by atoms with E-state index in [1.54, 1.807) is 0 Å². The van der Waals surface area contributed by atoms with Crippen LogP contribution in [0.3, 0.4) is 0 Å². The van der Waals surface area contributed by atoms with Gasteiger partial charge in [0.1, 0.15) is 0 Å². The van der Waals surface area contributed by atoms with E-state index >= 15 is 0 Å². The minimum atomic E-state index is 0.360. The maximum atomic E-state index is 12.6. The van der Waals surface area contributed by atoms with Crippen molar-refractivity contribution in [3.05, 3.63) is 0 Å². The second-order valence-corrected chi connectivity index (χ2v) is 7.15. The van der Waals surface area contributed by atoms with Crippen LogP contribution < -0.4 is 10.6 Å². The maximum absolute atomic E-state index is 12.6. The van der Waals surface area contributed by atoms with Gasteiger partial charge in [-0.25, -0.2) is 0 Å². The molecule has 5 fully saturated rings. The Morgan fingerprint density at radius 1 is 1.00 bits per heavy atom. The molecule has 2 N–H and O–H groups in total. The number of nitrogens with one attached hydrogen (secondary N) is 2. The number of carbonyl (C=O) groups excluding carboxylic acids is 1. The first-order chi connectivity index (χ1) is 8.79. The van der Waals surface area contributed by atoms with Gasteiger partial charge in [0.2, 0.25) is 5.91 Å². The minimum Gasteiger partial charge on any atom is -0.352 e. The van der Waals surface area contributed by atoms with Crippen LogP contribution in [-0.2, 0) is 4.79 Å². The largest absolute Gasteiger partial charge is 0.352 e. The van der Waals surface area contributed by atoms with E-state index in [0.29, 0.717) is 17.9 Å². The molecular weight excluding hydrogens is 224 g/mol. The van der Waals surface area contributed by atoms with Gasteiger partial charge in [0.05, 0.1) is 0 Å². The number of amides is 1. The Kier molecular flexibility index (Phi) is 2.65. The number of hydrogen-bond donors (Lipinski definition) is 2. The smallest absolute Gasteiger partial charge is 0.223 e. The van der Waals surface area contributed by atoms with Gasteiger partial charge >= 0.3 is 0 Å². The van der Waals surface area contributed by atoms with Crippen molar-refractivity contribution in [2.24, 2.45) is 29.6 Å². The van der Waals surface area contributed by atoms with Crippen molar-refractivity contribution in [3.63, 3.8) is 0 Å². The van der Waals surface area contributed by atoms with Gasteiger partial charge in [0, 0.05) is 18.5 Å². The van der Waals surface area contributed by atoms with Gasteiger partial charge in [-0.15, -0.1) is 0 Å². The third-order valence-corrected chi connectivity index (χ3v) is 5.94. The lowest BCUT2D eigenvalue weighted by molar-refractivity contribution is -0.138. The number of rotatable bonds is 2. The van der Waals surface area contributed by atoms with Gasteiger partial charge in [0.15, 0.2) is 0 Å². The van der Waals surface area contributed by atoms with Gasteiger partial charge in [-0.1, -0.05) is 0 Å². The van der Waals surface area contributed by atoms with E-state index < -0.39 is 0 Å². The fraction of sp³-hybridized carbons (Fsp3) is 0.933. The Labute approximate surface area is 109 Å². The van der Waals surface area contributed by atoms with Gasteiger partial charge in [-0.2, -0.15) is 0 Å². The lowest BCUT2D eigenvalue weighted by atomic mass is 9.51. The van der Waals surface area contributed by atoms with Crippen molar-refractivity contribution in [1.82, 2.24) is 10.6 Å². The molecular formula is C15H24N2O. The monoisotopic (exact) mass is 248 g/mol. The van der Waals surface area contributed by atoms with E-state index in [-0.39, 0.29) is 0 Å². The topological polar surface area (TPSA) is 41.1 Å². The van der Waals surface area contributed by atoms with Gasteiger partial charge in [-0.3, -0.25) is 4.79 Å². The molecule has 1 atom stereocenters. The van der Waals surface area contributed by atoms with Crippen LogP contribution in [0.25, 0.3) is 0 Å². The number of carbonyl (C=O) groups is 1. The quantitative estimate of drug-likeness (QED) is 0.778. The molecule has 4 aliphatic carbocycles. The van der Waals surface area contributed by atoms with Crippen LogP contribution in [0.5, 0.6) is 0 Å². The van der Waals surface area contributed by atoms with E-state index in [0.717, 1.165) is 43.2 Å². The molecule has 5 aliphatic rings. The Morgan fingerprint density at radius 2 is 1.67 bits per heavy atom. The van der Waals surface area contributed by atoms with Crippen molar-refractivity contribution in [1.29, 1.82) is 0 Å². The van der Waals surface area contributed by atoms with E-state index in [9.17, 15) is 4.79 Å². The second-order valence-electron chi connectivity index (χ2n) is 7.15. The van der Waals surface area contributed by atoms with Crippen LogP contribution in [-0.4, -0.2) is 25.0 Å². The molecule has 1 heterocycles. The maximum Gasteiger partial charge on any atom is 0.223 e. The van der Waals surface area contributed by atoms with Crippen LogP contribution in [0.1, 0.15) is 38.5 Å². The lowest BCUT2D eigenvalue weighted by Gasteiger charge is -2.53. The molecule has 18 heavy (non-hydrogen) atoms. The summed E-state index contributed by atoms with van der Waals surface area (Å²) in [4.78, 5) is 12.6. The molecule has 1 saturated heterocycles. The first kappa shape index (κ1) is 11.3. The average Bonchev–Trinajstić information content (AvgIpc) is 2.80. The van der Waals surface area contributed by atoms with Crippen LogP contribution >= 0.6 is 0 Å². The lowest BCUT2D eigenvalue weighted by Crippen LogP contribution is -2.52. The Balaban J connectivity index is 1.45. The summed E-state index contributed by atoms with van der Waals surface area (Å²) >= 11 is 0. The molecule has 5 rings (SSSR count). The first-order valence-electron chi connectivity index (χ1n) is 7.80. The normalized spacial score (nSPS) is 49.6. The summed E-state index contributed by atoms with van der Waals surface area (Å²) in [5.74, 6) is 4.11. The molecule has 4 bridgehead atoms. The van der Waals surface area contributed by atoms with E-state index in [1.807, 2.05) is 0 Å². The summed E-state index contributed by atoms with van der Waals surface area (Å²) < 4.78 is 0. The Hall–Kier alpha value is -0.570. The molecule has 0 aromatic carbocycles. The summed E-state index contributed by atoms with van der Waals surface area (Å²) in [5, 5.41) is 6.64. The van der Waals surface area contributed by atoms with Gasteiger partial charge in [-0.05, 0) is 68.7 Å². The predicted octanol–water partition coefficient (Wildman–Crippen LogP) is 1.54. The fourth-order valence-electron chi connectivity index (χ4n) is 5.43. The Bertz CT molecular complexity index is 320. The highest BCUT2D eigenvalue weighted by atomic mass is 16.2. The van der Waals surface area contributed by atoms with Crippen LogP contribution in [0.2, 0.25) is 0 Å². The van der Waals surface area contributed by atoms with Crippen LogP contribution in [0.4, 0.5) is 0 Å². The zero-order chi connectivity index (χ0) is 12.1. The van der Waals surface area contributed by atoms with Crippen molar-refractivity contribution in [2.45, 2.75) is 44.6 Å². The molecule has 1 amide bonds. The molecule has 1 aliphatic heterocycles. The summed E-state index contributed by atoms with van der Waals surface area (Å²) in [6.07, 6.45) is 7.94. The highest BCUT2D eigenvalue weighted by Gasteiger charge is 2.50. The zero-order valence-electron chi connectivity index (χ0n) is 11.0. The van der Waals surface area contributed by atoms with Crippen molar-refractivity contribution in [2.75, 3.05) is 13.1 Å². The van der Waals surface area contributed by atoms with Crippen molar-refractivity contribution >= 4 is 5.91 Å². The van der Waals surface area contributed by atoms with Crippen LogP contribution in [0, 0.1) is 29.6 Å². The molecule has 0 radical (unpaired) electrons. The van der Waals surface area contributed by atoms with Gasteiger partial charge in [0.25, 0.3) is 0 Å². The summed E-state index contributed by atoms with van der Waals surface area (Å²) in [6, 6.07) is 0.398. The number of hydrogen-bond acceptors (Lipinski definition) is 2. The van der Waals surface area contributed by atoms with Crippen molar-refractivity contribution < 1.29 is 4.79 Å². The molecule has 1 unspecified atom stereocenters. The van der Waals surface area contributed by atoms with E-state index in [2.05, 4.69) is 10.6 Å². The molecule has 3 nitrogen and oxygen atoms in total. The van der Waals surface area contributed by atoms with Crippen molar-refractivity contribution in [3.8, 4) is 0 Å². The average molecular weight is 248 g/mol. The minimum absolute atomic E-state index is 0.360. The molecule has 3 heteroatoms. The SMILES string of the molecule is O=C(NC1CCNC1)C1C2CC3CC(C2)CC1C3. The highest BCUT2D eigenvalue weighted by molar-refractivity contribution is 5.80. The standard InChI is InChI=1S/C15H24N2O/c18-15(17-13-1-2-16-8-13)14-11-4-9-3-10(6-11)7-12(14)5-9/h9-14,16H,1-8H2,(H,17,18).